The maximum atomic E-state index is 6.73. The highest BCUT2D eigenvalue weighted by atomic mass is 35.5. The highest BCUT2D eigenvalue weighted by Gasteiger charge is 2.46. The van der Waals surface area contributed by atoms with Gasteiger partial charge in [0.05, 0.1) is 23.5 Å². The zero-order valence-electron chi connectivity index (χ0n) is 18.0. The Morgan fingerprint density at radius 3 is 2.76 bits per heavy atom. The van der Waals surface area contributed by atoms with Gasteiger partial charge in [-0.25, -0.2) is 15.0 Å². The molecule has 2 aromatic heterocycles. The van der Waals surface area contributed by atoms with Crippen molar-refractivity contribution >= 4 is 40.0 Å². The Kier molecular flexibility index (Phi) is 5.05. The summed E-state index contributed by atoms with van der Waals surface area (Å²) >= 11 is 7.75. The van der Waals surface area contributed by atoms with Crippen molar-refractivity contribution in [2.45, 2.75) is 36.7 Å². The molecule has 7 nitrogen and oxygen atoms in total. The van der Waals surface area contributed by atoms with Gasteiger partial charge < -0.3 is 16.4 Å². The first-order valence-corrected chi connectivity index (χ1v) is 12.3. The molecule has 3 aliphatic rings. The molecule has 0 saturated carbocycles. The van der Waals surface area contributed by atoms with Crippen LogP contribution in [0, 0.1) is 5.41 Å². The number of aliphatic imine (C=N–C) groups is 1. The van der Waals surface area contributed by atoms with Crippen molar-refractivity contribution in [3.8, 4) is 0 Å². The maximum absolute atomic E-state index is 6.73. The predicted molar refractivity (Wildman–Crippen MR) is 133 cm³/mol. The lowest BCUT2D eigenvalue weighted by atomic mass is 9.73. The van der Waals surface area contributed by atoms with Crippen LogP contribution in [0.5, 0.6) is 0 Å². The Labute approximate surface area is 201 Å². The number of piperidine rings is 1. The largest absolute Gasteiger partial charge is 0.382 e. The van der Waals surface area contributed by atoms with Crippen LogP contribution in [0.15, 0.2) is 52.6 Å². The topological polar surface area (TPSA) is 106 Å². The SMILES string of the molecule is Nc1nccc(SC2=NCc3nc(N4CCC5(CC4)Cc4ccccc4[C@H]5N)cnc32)c1Cl. The van der Waals surface area contributed by atoms with Crippen LogP contribution in [0.4, 0.5) is 11.6 Å². The number of nitrogens with two attached hydrogens (primary N) is 2. The average molecular weight is 478 g/mol. The lowest BCUT2D eigenvalue weighted by Crippen LogP contribution is -2.44. The van der Waals surface area contributed by atoms with Gasteiger partial charge in [0, 0.05) is 30.2 Å². The predicted octanol–water partition coefficient (Wildman–Crippen LogP) is 4.00. The monoisotopic (exact) mass is 477 g/mol. The van der Waals surface area contributed by atoms with Gasteiger partial charge in [0.1, 0.15) is 22.4 Å². The number of thioether (sulfide) groups is 1. The minimum absolute atomic E-state index is 0.115. The van der Waals surface area contributed by atoms with Crippen molar-refractivity contribution in [3.05, 3.63) is 70.3 Å². The molecule has 1 fully saturated rings. The van der Waals surface area contributed by atoms with E-state index >= 15 is 0 Å². The summed E-state index contributed by atoms with van der Waals surface area (Å²) in [7, 11) is 0. The zero-order valence-corrected chi connectivity index (χ0v) is 19.6. The summed E-state index contributed by atoms with van der Waals surface area (Å²) in [6.45, 7) is 2.39. The summed E-state index contributed by atoms with van der Waals surface area (Å²) in [4.78, 5) is 21.5. The van der Waals surface area contributed by atoms with Crippen molar-refractivity contribution in [2.24, 2.45) is 16.1 Å². The van der Waals surface area contributed by atoms with Gasteiger partial charge in [-0.2, -0.15) is 0 Å². The van der Waals surface area contributed by atoms with E-state index < -0.39 is 0 Å². The number of hydrogen-bond acceptors (Lipinski definition) is 8. The molecule has 6 rings (SSSR count). The summed E-state index contributed by atoms with van der Waals surface area (Å²) in [6, 6.07) is 10.6. The summed E-state index contributed by atoms with van der Waals surface area (Å²) < 4.78 is 0. The fourth-order valence-electron chi connectivity index (χ4n) is 5.27. The smallest absolute Gasteiger partial charge is 0.147 e. The highest BCUT2D eigenvalue weighted by molar-refractivity contribution is 8.14. The first-order valence-electron chi connectivity index (χ1n) is 11.1. The molecular formula is C24H24ClN7S. The van der Waals surface area contributed by atoms with Crippen LogP contribution in [0.25, 0.3) is 0 Å². The lowest BCUT2D eigenvalue weighted by Gasteiger charge is -2.42. The number of benzene rings is 1. The second-order valence-corrected chi connectivity index (χ2v) is 10.4. The van der Waals surface area contributed by atoms with E-state index in [1.165, 1.54) is 22.9 Å². The number of hydrogen-bond donors (Lipinski definition) is 2. The van der Waals surface area contributed by atoms with Gasteiger partial charge in [0.2, 0.25) is 0 Å². The van der Waals surface area contributed by atoms with E-state index in [2.05, 4.69) is 39.1 Å². The number of anilines is 2. The highest BCUT2D eigenvalue weighted by Crippen LogP contribution is 2.51. The molecule has 1 aromatic carbocycles. The number of halogens is 1. The van der Waals surface area contributed by atoms with E-state index in [4.69, 9.17) is 33.0 Å². The number of rotatable bonds is 2. The van der Waals surface area contributed by atoms with Crippen LogP contribution in [-0.2, 0) is 13.0 Å². The lowest BCUT2D eigenvalue weighted by molar-refractivity contribution is 0.187. The second kappa shape index (κ2) is 7.97. The van der Waals surface area contributed by atoms with E-state index in [9.17, 15) is 0 Å². The minimum atomic E-state index is 0.115. The fourth-order valence-corrected chi connectivity index (χ4v) is 6.43. The maximum Gasteiger partial charge on any atom is 0.147 e. The normalized spacial score (nSPS) is 20.6. The van der Waals surface area contributed by atoms with E-state index in [0.717, 1.165) is 59.5 Å². The third-order valence-electron chi connectivity index (χ3n) is 7.17. The second-order valence-electron chi connectivity index (χ2n) is 8.96. The molecule has 1 spiro atoms. The summed E-state index contributed by atoms with van der Waals surface area (Å²) in [5.41, 5.74) is 17.2. The molecule has 33 heavy (non-hydrogen) atoms. The van der Waals surface area contributed by atoms with Gasteiger partial charge in [0.15, 0.2) is 0 Å². The van der Waals surface area contributed by atoms with E-state index in [1.54, 1.807) is 6.20 Å². The minimum Gasteiger partial charge on any atom is -0.382 e. The Morgan fingerprint density at radius 2 is 1.94 bits per heavy atom. The van der Waals surface area contributed by atoms with Gasteiger partial charge in [0.25, 0.3) is 0 Å². The third kappa shape index (κ3) is 3.48. The Morgan fingerprint density at radius 1 is 1.12 bits per heavy atom. The molecule has 0 unspecified atom stereocenters. The Hall–Kier alpha value is -2.68. The number of aromatic nitrogens is 3. The van der Waals surface area contributed by atoms with Crippen molar-refractivity contribution in [2.75, 3.05) is 23.7 Å². The quantitative estimate of drug-likeness (QED) is 0.574. The van der Waals surface area contributed by atoms with Crippen LogP contribution in [0.2, 0.25) is 5.02 Å². The van der Waals surface area contributed by atoms with E-state index in [-0.39, 0.29) is 11.5 Å². The Bertz CT molecular complexity index is 1270. The standard InChI is InChI=1S/C24H24ClN7S/c25-19-17(5-8-28-22(19)27)33-23-20-16(12-30-23)31-18(13-29-20)32-9-6-24(7-10-32)11-14-3-1-2-4-15(14)21(24)26/h1-5,8,13,21H,6-7,9-12,26H2,(H2,27,28)/t21-/m1/s1. The zero-order chi connectivity index (χ0) is 22.6. The molecule has 1 atom stereocenters. The van der Waals surface area contributed by atoms with Gasteiger partial charge in [-0.1, -0.05) is 47.6 Å². The molecule has 0 radical (unpaired) electrons. The molecule has 4 heterocycles. The molecule has 0 bridgehead atoms. The molecular weight excluding hydrogens is 454 g/mol. The van der Waals surface area contributed by atoms with Crippen molar-refractivity contribution < 1.29 is 0 Å². The van der Waals surface area contributed by atoms with E-state index in [0.29, 0.717) is 17.4 Å². The molecule has 2 aliphatic heterocycles. The molecule has 1 saturated heterocycles. The van der Waals surface area contributed by atoms with Crippen LogP contribution in [0.3, 0.4) is 0 Å². The van der Waals surface area contributed by atoms with E-state index in [1.807, 2.05) is 12.3 Å². The summed E-state index contributed by atoms with van der Waals surface area (Å²) in [6.07, 6.45) is 6.70. The van der Waals surface area contributed by atoms with Crippen LogP contribution in [0.1, 0.15) is 41.4 Å². The molecule has 0 amide bonds. The molecule has 9 heteroatoms. The number of pyridine rings is 1. The van der Waals surface area contributed by atoms with Gasteiger partial charge >= 0.3 is 0 Å². The molecule has 1 aliphatic carbocycles. The number of fused-ring (bicyclic) bond motifs is 2. The van der Waals surface area contributed by atoms with Gasteiger partial charge in [-0.3, -0.25) is 4.99 Å². The number of nitrogen functional groups attached to an aromatic ring is 1. The van der Waals surface area contributed by atoms with Gasteiger partial charge in [-0.15, -0.1) is 0 Å². The first kappa shape index (κ1) is 20.9. The first-order chi connectivity index (χ1) is 16.0. The molecule has 4 N–H and O–H groups in total. The van der Waals surface area contributed by atoms with Crippen LogP contribution in [-0.4, -0.2) is 33.1 Å². The summed E-state index contributed by atoms with van der Waals surface area (Å²) in [5, 5.41) is 1.25. The molecule has 3 aromatic rings. The molecule has 168 valence electrons. The Balaban J connectivity index is 1.16. The average Bonchev–Trinajstić information content (AvgIpc) is 3.36. The van der Waals surface area contributed by atoms with Crippen LogP contribution >= 0.6 is 23.4 Å². The van der Waals surface area contributed by atoms with Crippen molar-refractivity contribution in [1.29, 1.82) is 0 Å². The van der Waals surface area contributed by atoms with Crippen molar-refractivity contribution in [1.82, 2.24) is 15.0 Å². The van der Waals surface area contributed by atoms with Crippen LogP contribution < -0.4 is 16.4 Å². The summed E-state index contributed by atoms with van der Waals surface area (Å²) in [5.74, 6) is 1.23. The third-order valence-corrected chi connectivity index (χ3v) is 8.76. The van der Waals surface area contributed by atoms with Crippen molar-refractivity contribution in [3.63, 3.8) is 0 Å². The van der Waals surface area contributed by atoms with Gasteiger partial charge in [-0.05, 0) is 41.9 Å². The fraction of sp³-hybridized carbons (Fsp3) is 0.333. The number of nitrogens with zero attached hydrogens (tertiary/aromatic N) is 5.